The van der Waals surface area contributed by atoms with Crippen LogP contribution in [0.1, 0.15) is 22.7 Å². The molecule has 96 valence electrons. The van der Waals surface area contributed by atoms with Crippen LogP contribution in [0.3, 0.4) is 0 Å². The Labute approximate surface area is 112 Å². The molecule has 1 aromatic carbocycles. The number of ether oxygens (including phenoxy) is 1. The number of aromatic nitrogens is 1. The van der Waals surface area contributed by atoms with E-state index in [9.17, 15) is 0 Å². The second-order valence-electron chi connectivity index (χ2n) is 4.32. The summed E-state index contributed by atoms with van der Waals surface area (Å²) in [4.78, 5) is 5.94. The second-order valence-corrected chi connectivity index (χ2v) is 5.56. The van der Waals surface area contributed by atoms with Crippen molar-refractivity contribution in [2.75, 3.05) is 13.7 Å². The van der Waals surface area contributed by atoms with E-state index < -0.39 is 0 Å². The molecular weight excluding hydrogens is 244 g/mol. The van der Waals surface area contributed by atoms with Crippen molar-refractivity contribution in [2.24, 2.45) is 5.73 Å². The van der Waals surface area contributed by atoms with Crippen molar-refractivity contribution in [1.82, 2.24) is 4.98 Å². The highest BCUT2D eigenvalue weighted by molar-refractivity contribution is 7.12. The van der Waals surface area contributed by atoms with E-state index in [2.05, 4.69) is 13.8 Å². The SMILES string of the molecule is COc1ccc(-c2nc(C(C)CN)sc2C)cc1. The van der Waals surface area contributed by atoms with Crippen LogP contribution in [0, 0.1) is 6.92 Å². The first-order valence-corrected chi connectivity index (χ1v) is 6.79. The molecule has 2 aromatic rings. The first kappa shape index (κ1) is 13.1. The summed E-state index contributed by atoms with van der Waals surface area (Å²) >= 11 is 1.73. The number of thiazole rings is 1. The lowest BCUT2D eigenvalue weighted by Gasteiger charge is -2.03. The molecule has 0 spiro atoms. The molecule has 1 heterocycles. The third-order valence-electron chi connectivity index (χ3n) is 2.95. The van der Waals surface area contributed by atoms with Gasteiger partial charge in [-0.3, -0.25) is 0 Å². The van der Waals surface area contributed by atoms with Crippen molar-refractivity contribution in [2.45, 2.75) is 19.8 Å². The lowest BCUT2D eigenvalue weighted by Crippen LogP contribution is -2.08. The minimum absolute atomic E-state index is 0.320. The molecule has 0 amide bonds. The van der Waals surface area contributed by atoms with E-state index in [4.69, 9.17) is 15.5 Å². The van der Waals surface area contributed by atoms with Crippen molar-refractivity contribution in [3.05, 3.63) is 34.2 Å². The van der Waals surface area contributed by atoms with Gasteiger partial charge in [0.05, 0.1) is 17.8 Å². The Balaban J connectivity index is 2.34. The molecule has 0 bridgehead atoms. The molecule has 0 fully saturated rings. The number of nitrogens with zero attached hydrogens (tertiary/aromatic N) is 1. The minimum atomic E-state index is 0.320. The molecule has 3 nitrogen and oxygen atoms in total. The predicted octanol–water partition coefficient (Wildman–Crippen LogP) is 3.19. The van der Waals surface area contributed by atoms with Gasteiger partial charge < -0.3 is 10.5 Å². The van der Waals surface area contributed by atoms with Crippen LogP contribution >= 0.6 is 11.3 Å². The molecule has 0 aliphatic rings. The zero-order valence-electron chi connectivity index (χ0n) is 10.9. The fourth-order valence-electron chi connectivity index (χ4n) is 1.75. The smallest absolute Gasteiger partial charge is 0.118 e. The maximum atomic E-state index is 5.69. The van der Waals surface area contributed by atoms with Gasteiger partial charge in [0.25, 0.3) is 0 Å². The Morgan fingerprint density at radius 1 is 1.33 bits per heavy atom. The lowest BCUT2D eigenvalue weighted by atomic mass is 10.1. The van der Waals surface area contributed by atoms with E-state index in [-0.39, 0.29) is 0 Å². The van der Waals surface area contributed by atoms with E-state index in [1.54, 1.807) is 18.4 Å². The van der Waals surface area contributed by atoms with E-state index in [1.807, 2.05) is 24.3 Å². The number of methoxy groups -OCH3 is 1. The molecule has 0 aliphatic heterocycles. The second kappa shape index (κ2) is 5.50. The summed E-state index contributed by atoms with van der Waals surface area (Å²) in [5.41, 5.74) is 7.87. The first-order chi connectivity index (χ1) is 8.65. The van der Waals surface area contributed by atoms with E-state index >= 15 is 0 Å². The number of aryl methyl sites for hydroxylation is 1. The summed E-state index contributed by atoms with van der Waals surface area (Å²) in [6, 6.07) is 8.00. The van der Waals surface area contributed by atoms with Crippen molar-refractivity contribution < 1.29 is 4.74 Å². The Morgan fingerprint density at radius 2 is 2.00 bits per heavy atom. The molecule has 2 rings (SSSR count). The number of benzene rings is 1. The van der Waals surface area contributed by atoms with Gasteiger partial charge in [-0.1, -0.05) is 6.92 Å². The van der Waals surface area contributed by atoms with Crippen LogP contribution in [-0.4, -0.2) is 18.6 Å². The highest BCUT2D eigenvalue weighted by Gasteiger charge is 2.13. The molecule has 2 N–H and O–H groups in total. The van der Waals surface area contributed by atoms with Crippen LogP contribution in [-0.2, 0) is 0 Å². The summed E-state index contributed by atoms with van der Waals surface area (Å²) in [6.07, 6.45) is 0. The fraction of sp³-hybridized carbons (Fsp3) is 0.357. The summed E-state index contributed by atoms with van der Waals surface area (Å²) in [7, 11) is 1.67. The molecule has 0 saturated heterocycles. The highest BCUT2D eigenvalue weighted by atomic mass is 32.1. The van der Waals surface area contributed by atoms with Crippen LogP contribution < -0.4 is 10.5 Å². The van der Waals surface area contributed by atoms with Gasteiger partial charge in [0.2, 0.25) is 0 Å². The Morgan fingerprint density at radius 3 is 2.56 bits per heavy atom. The lowest BCUT2D eigenvalue weighted by molar-refractivity contribution is 0.415. The largest absolute Gasteiger partial charge is 0.497 e. The monoisotopic (exact) mass is 262 g/mol. The molecule has 0 aliphatic carbocycles. The quantitative estimate of drug-likeness (QED) is 0.920. The average Bonchev–Trinajstić information content (AvgIpc) is 2.80. The number of hydrogen-bond acceptors (Lipinski definition) is 4. The molecule has 18 heavy (non-hydrogen) atoms. The van der Waals surface area contributed by atoms with Crippen LogP contribution in [0.5, 0.6) is 5.75 Å². The molecule has 0 saturated carbocycles. The Kier molecular flexibility index (Phi) is 3.99. The van der Waals surface area contributed by atoms with Gasteiger partial charge in [0.1, 0.15) is 5.75 Å². The van der Waals surface area contributed by atoms with Gasteiger partial charge in [0, 0.05) is 22.9 Å². The maximum absolute atomic E-state index is 5.69. The average molecular weight is 262 g/mol. The van der Waals surface area contributed by atoms with Gasteiger partial charge in [-0.05, 0) is 31.2 Å². The van der Waals surface area contributed by atoms with Gasteiger partial charge in [-0.15, -0.1) is 11.3 Å². The first-order valence-electron chi connectivity index (χ1n) is 5.97. The third kappa shape index (κ3) is 2.54. The molecule has 0 radical (unpaired) electrons. The summed E-state index contributed by atoms with van der Waals surface area (Å²) in [5.74, 6) is 1.18. The van der Waals surface area contributed by atoms with Crippen molar-refractivity contribution in [3.63, 3.8) is 0 Å². The van der Waals surface area contributed by atoms with Crippen molar-refractivity contribution >= 4 is 11.3 Å². The van der Waals surface area contributed by atoms with Crippen LogP contribution in [0.15, 0.2) is 24.3 Å². The normalized spacial score (nSPS) is 12.4. The van der Waals surface area contributed by atoms with Crippen LogP contribution in [0.2, 0.25) is 0 Å². The minimum Gasteiger partial charge on any atom is -0.497 e. The number of rotatable bonds is 4. The zero-order chi connectivity index (χ0) is 13.1. The number of hydrogen-bond donors (Lipinski definition) is 1. The topological polar surface area (TPSA) is 48.1 Å². The number of nitrogens with two attached hydrogens (primary N) is 1. The van der Waals surface area contributed by atoms with Gasteiger partial charge in [0.15, 0.2) is 0 Å². The van der Waals surface area contributed by atoms with E-state index in [0.717, 1.165) is 22.0 Å². The third-order valence-corrected chi connectivity index (χ3v) is 4.15. The van der Waals surface area contributed by atoms with Crippen molar-refractivity contribution in [3.8, 4) is 17.0 Å². The Bertz CT molecular complexity index is 519. The van der Waals surface area contributed by atoms with E-state index in [0.29, 0.717) is 12.5 Å². The highest BCUT2D eigenvalue weighted by Crippen LogP contribution is 2.31. The van der Waals surface area contributed by atoms with Crippen LogP contribution in [0.25, 0.3) is 11.3 Å². The molecule has 1 unspecified atom stereocenters. The maximum Gasteiger partial charge on any atom is 0.118 e. The van der Waals surface area contributed by atoms with Gasteiger partial charge >= 0.3 is 0 Å². The summed E-state index contributed by atoms with van der Waals surface area (Å²) in [6.45, 7) is 4.84. The summed E-state index contributed by atoms with van der Waals surface area (Å²) < 4.78 is 5.16. The van der Waals surface area contributed by atoms with Crippen LogP contribution in [0.4, 0.5) is 0 Å². The van der Waals surface area contributed by atoms with Gasteiger partial charge in [-0.25, -0.2) is 4.98 Å². The zero-order valence-corrected chi connectivity index (χ0v) is 11.8. The Hall–Kier alpha value is -1.39. The predicted molar refractivity (Wildman–Crippen MR) is 76.3 cm³/mol. The fourth-order valence-corrected chi connectivity index (χ4v) is 2.75. The van der Waals surface area contributed by atoms with Gasteiger partial charge in [-0.2, -0.15) is 0 Å². The molecular formula is C14H18N2OS. The molecule has 4 heteroatoms. The van der Waals surface area contributed by atoms with E-state index in [1.165, 1.54) is 4.88 Å². The molecule has 1 aromatic heterocycles. The standard InChI is InChI=1S/C14H18N2OS/c1-9(8-15)14-16-13(10(2)18-14)11-4-6-12(17-3)7-5-11/h4-7,9H,8,15H2,1-3H3. The summed E-state index contributed by atoms with van der Waals surface area (Å²) in [5, 5.41) is 1.11. The van der Waals surface area contributed by atoms with Crippen molar-refractivity contribution in [1.29, 1.82) is 0 Å². The molecule has 1 atom stereocenters.